The number of aliphatic hydroxyl groups excluding tert-OH is 1. The molecule has 0 unspecified atom stereocenters. The molecule has 1 aliphatic rings. The van der Waals surface area contributed by atoms with E-state index in [0.29, 0.717) is 35.7 Å². The van der Waals surface area contributed by atoms with Gasteiger partial charge in [-0.3, -0.25) is 9.59 Å². The molecular formula is C25H24ClN3O3. The Labute approximate surface area is 191 Å². The quantitative estimate of drug-likeness (QED) is 0.337. The van der Waals surface area contributed by atoms with Crippen LogP contribution < -0.4 is 0 Å². The summed E-state index contributed by atoms with van der Waals surface area (Å²) in [4.78, 5) is 31.7. The average Bonchev–Trinajstić information content (AvgIpc) is 3.37. The zero-order chi connectivity index (χ0) is 22.8. The first-order valence-electron chi connectivity index (χ1n) is 10.4. The van der Waals surface area contributed by atoms with Crippen LogP contribution in [0.2, 0.25) is 5.02 Å². The second-order valence-corrected chi connectivity index (χ2v) is 8.46. The Hall–Kier alpha value is -3.38. The Bertz CT molecular complexity index is 1200. The lowest BCUT2D eigenvalue weighted by Crippen LogP contribution is -2.31. The lowest BCUT2D eigenvalue weighted by Gasteiger charge is -2.25. The smallest absolute Gasteiger partial charge is 0.295 e. The van der Waals surface area contributed by atoms with Crippen LogP contribution in [-0.4, -0.2) is 37.8 Å². The number of rotatable bonds is 6. The maximum atomic E-state index is 13.1. The molecule has 0 bridgehead atoms. The third-order valence-electron chi connectivity index (χ3n) is 5.73. The number of carbonyl (C=O) groups is 2. The van der Waals surface area contributed by atoms with Crippen LogP contribution in [0.25, 0.3) is 5.76 Å². The van der Waals surface area contributed by atoms with E-state index >= 15 is 0 Å². The summed E-state index contributed by atoms with van der Waals surface area (Å²) < 4.78 is 1.92. The number of likely N-dealkylation sites (tertiary alicyclic amines) is 1. The fourth-order valence-corrected chi connectivity index (χ4v) is 4.31. The van der Waals surface area contributed by atoms with Gasteiger partial charge in [0.05, 0.1) is 17.9 Å². The summed E-state index contributed by atoms with van der Waals surface area (Å²) in [7, 11) is 0. The van der Waals surface area contributed by atoms with E-state index < -0.39 is 17.7 Å². The summed E-state index contributed by atoms with van der Waals surface area (Å²) in [5.41, 5.74) is 3.10. The van der Waals surface area contributed by atoms with Crippen LogP contribution in [0, 0.1) is 13.8 Å². The number of aromatic nitrogens is 2. The number of Topliss-reactive ketones (excluding diaryl/α,β-unsaturated/α-hetero) is 1. The van der Waals surface area contributed by atoms with Gasteiger partial charge in [0.15, 0.2) is 0 Å². The molecule has 1 fully saturated rings. The van der Waals surface area contributed by atoms with Crippen molar-refractivity contribution in [3.8, 4) is 0 Å². The Balaban J connectivity index is 1.78. The Morgan fingerprint density at radius 2 is 1.94 bits per heavy atom. The van der Waals surface area contributed by atoms with Crippen LogP contribution in [0.15, 0.2) is 66.8 Å². The summed E-state index contributed by atoms with van der Waals surface area (Å²) in [5.74, 6) is -1.46. The third-order valence-corrected chi connectivity index (χ3v) is 5.96. The molecule has 1 saturated heterocycles. The molecule has 2 aromatic carbocycles. The van der Waals surface area contributed by atoms with Crippen molar-refractivity contribution in [1.82, 2.24) is 14.5 Å². The maximum Gasteiger partial charge on any atom is 0.295 e. The molecule has 0 radical (unpaired) electrons. The van der Waals surface area contributed by atoms with Gasteiger partial charge in [0.25, 0.3) is 11.7 Å². The summed E-state index contributed by atoms with van der Waals surface area (Å²) in [6.45, 7) is 4.79. The number of ketones is 1. The van der Waals surface area contributed by atoms with Crippen molar-refractivity contribution in [3.05, 3.63) is 94.0 Å². The number of benzene rings is 2. The number of hydrogen-bond acceptors (Lipinski definition) is 4. The molecular weight excluding hydrogens is 426 g/mol. The van der Waals surface area contributed by atoms with Gasteiger partial charge in [-0.1, -0.05) is 41.4 Å². The molecule has 0 aliphatic carbocycles. The first kappa shape index (κ1) is 21.8. The van der Waals surface area contributed by atoms with Gasteiger partial charge < -0.3 is 14.6 Å². The van der Waals surface area contributed by atoms with Crippen molar-refractivity contribution < 1.29 is 14.7 Å². The van der Waals surface area contributed by atoms with E-state index in [1.165, 1.54) is 4.90 Å². The minimum Gasteiger partial charge on any atom is -0.507 e. The molecule has 32 heavy (non-hydrogen) atoms. The molecule has 1 aromatic heterocycles. The monoisotopic (exact) mass is 449 g/mol. The number of hydrogen-bond donors (Lipinski definition) is 1. The normalized spacial score (nSPS) is 17.8. The van der Waals surface area contributed by atoms with E-state index in [-0.39, 0.29) is 11.3 Å². The first-order chi connectivity index (χ1) is 15.4. The van der Waals surface area contributed by atoms with Crippen molar-refractivity contribution >= 4 is 29.1 Å². The van der Waals surface area contributed by atoms with Gasteiger partial charge in [-0.15, -0.1) is 0 Å². The van der Waals surface area contributed by atoms with E-state index in [9.17, 15) is 14.7 Å². The topological polar surface area (TPSA) is 75.4 Å². The molecule has 1 aliphatic heterocycles. The van der Waals surface area contributed by atoms with Gasteiger partial charge in [0.1, 0.15) is 5.76 Å². The highest BCUT2D eigenvalue weighted by atomic mass is 35.5. The standard InChI is InChI=1S/C25H24ClN3O3/c1-16-7-8-17(2)20(13-16)23(30)21-22(18-5-3-6-19(26)14-18)29(25(32)24(21)31)11-4-10-28-12-9-27-15-28/h3,5-9,12-15,22,30H,4,10-11H2,1-2H3/t22-/m1/s1. The molecule has 0 spiro atoms. The van der Waals surface area contributed by atoms with Gasteiger partial charge in [-0.2, -0.15) is 0 Å². The van der Waals surface area contributed by atoms with Crippen LogP contribution in [0.3, 0.4) is 0 Å². The van der Waals surface area contributed by atoms with Crippen molar-refractivity contribution in [2.24, 2.45) is 0 Å². The lowest BCUT2D eigenvalue weighted by atomic mass is 9.93. The lowest BCUT2D eigenvalue weighted by molar-refractivity contribution is -0.139. The number of nitrogens with zero attached hydrogens (tertiary/aromatic N) is 3. The largest absolute Gasteiger partial charge is 0.507 e. The molecule has 1 amide bonds. The average molecular weight is 450 g/mol. The second kappa shape index (κ2) is 9.01. The SMILES string of the molecule is Cc1ccc(C)c(C(O)=C2C(=O)C(=O)N(CCCn3ccnc3)[C@@H]2c2cccc(Cl)c2)c1. The van der Waals surface area contributed by atoms with Gasteiger partial charge in [-0.05, 0) is 49.6 Å². The number of amides is 1. The van der Waals surface area contributed by atoms with Crippen LogP contribution in [0.5, 0.6) is 0 Å². The van der Waals surface area contributed by atoms with Gasteiger partial charge >= 0.3 is 0 Å². The molecule has 1 N–H and O–H groups in total. The van der Waals surface area contributed by atoms with Crippen LogP contribution in [-0.2, 0) is 16.1 Å². The van der Waals surface area contributed by atoms with Crippen LogP contribution in [0.1, 0.15) is 34.7 Å². The third kappa shape index (κ3) is 4.18. The Kier molecular flexibility index (Phi) is 6.15. The van der Waals surface area contributed by atoms with E-state index in [0.717, 1.165) is 11.1 Å². The fourth-order valence-electron chi connectivity index (χ4n) is 4.11. The number of halogens is 1. The molecule has 3 aromatic rings. The van der Waals surface area contributed by atoms with Crippen LogP contribution in [0.4, 0.5) is 0 Å². The van der Waals surface area contributed by atoms with Crippen molar-refractivity contribution in [3.63, 3.8) is 0 Å². The van der Waals surface area contributed by atoms with Gasteiger partial charge in [-0.25, -0.2) is 4.98 Å². The highest BCUT2D eigenvalue weighted by molar-refractivity contribution is 6.46. The molecule has 164 valence electrons. The predicted molar refractivity (Wildman–Crippen MR) is 123 cm³/mol. The summed E-state index contributed by atoms with van der Waals surface area (Å²) in [6, 6.07) is 12.0. The minimum absolute atomic E-state index is 0.0913. The highest BCUT2D eigenvalue weighted by Gasteiger charge is 2.45. The molecule has 4 rings (SSSR count). The predicted octanol–water partition coefficient (Wildman–Crippen LogP) is 4.67. The second-order valence-electron chi connectivity index (χ2n) is 8.02. The molecule has 6 nitrogen and oxygen atoms in total. The summed E-state index contributed by atoms with van der Waals surface area (Å²) in [6.07, 6.45) is 5.89. The maximum absolute atomic E-state index is 13.1. The highest BCUT2D eigenvalue weighted by Crippen LogP contribution is 2.40. The van der Waals surface area contributed by atoms with E-state index in [2.05, 4.69) is 4.98 Å². The molecule has 7 heteroatoms. The Morgan fingerprint density at radius 3 is 2.66 bits per heavy atom. The molecule has 1 atom stereocenters. The van der Waals surface area contributed by atoms with Crippen LogP contribution >= 0.6 is 11.6 Å². The summed E-state index contributed by atoms with van der Waals surface area (Å²) in [5, 5.41) is 11.7. The zero-order valence-electron chi connectivity index (χ0n) is 18.0. The van der Waals surface area contributed by atoms with Gasteiger partial charge in [0, 0.05) is 36.1 Å². The zero-order valence-corrected chi connectivity index (χ0v) is 18.7. The number of aryl methyl sites for hydroxylation is 3. The Morgan fingerprint density at radius 1 is 1.12 bits per heavy atom. The van der Waals surface area contributed by atoms with E-state index in [4.69, 9.17) is 11.6 Å². The van der Waals surface area contributed by atoms with Crippen molar-refractivity contribution in [1.29, 1.82) is 0 Å². The van der Waals surface area contributed by atoms with Crippen molar-refractivity contribution in [2.75, 3.05) is 6.54 Å². The number of aliphatic hydroxyl groups is 1. The molecule has 2 heterocycles. The minimum atomic E-state index is -0.712. The van der Waals surface area contributed by atoms with Gasteiger partial charge in [0.2, 0.25) is 0 Å². The van der Waals surface area contributed by atoms with Crippen molar-refractivity contribution in [2.45, 2.75) is 32.9 Å². The van der Waals surface area contributed by atoms with E-state index in [1.807, 2.05) is 48.9 Å². The fraction of sp³-hybridized carbons (Fsp3) is 0.240. The number of carbonyl (C=O) groups excluding carboxylic acids is 2. The molecule has 0 saturated carbocycles. The van der Waals surface area contributed by atoms with E-state index in [1.54, 1.807) is 30.7 Å². The number of imidazole rings is 1. The summed E-state index contributed by atoms with van der Waals surface area (Å²) >= 11 is 6.23. The first-order valence-corrected chi connectivity index (χ1v) is 10.8.